The maximum Gasteiger partial charge on any atom is 0.220 e. The van der Waals surface area contributed by atoms with Crippen LogP contribution in [0.4, 0.5) is 0 Å². The van der Waals surface area contributed by atoms with E-state index in [-0.39, 0.29) is 24.4 Å². The first-order valence-electron chi connectivity index (χ1n) is 8.10. The average Bonchev–Trinajstić information content (AvgIpc) is 2.87. The van der Waals surface area contributed by atoms with Gasteiger partial charge in [-0.25, -0.2) is 0 Å². The quantitative estimate of drug-likeness (QED) is 0.844. The molecule has 4 heteroatoms. The number of aryl methyl sites for hydroxylation is 2. The first-order chi connectivity index (χ1) is 10.0. The van der Waals surface area contributed by atoms with Crippen LogP contribution in [-0.4, -0.2) is 25.0 Å². The SMILES string of the molecule is Cc1cc(C)cc(CC(C)NC(=O)CCC2CCNC2)c1.Cl. The summed E-state index contributed by atoms with van der Waals surface area (Å²) in [6.45, 7) is 8.51. The Kier molecular flexibility index (Phi) is 7.91. The lowest BCUT2D eigenvalue weighted by atomic mass is 10.0. The summed E-state index contributed by atoms with van der Waals surface area (Å²) < 4.78 is 0. The van der Waals surface area contributed by atoms with E-state index in [2.05, 4.69) is 49.6 Å². The van der Waals surface area contributed by atoms with Crippen molar-refractivity contribution in [2.45, 2.75) is 52.5 Å². The summed E-state index contributed by atoms with van der Waals surface area (Å²) >= 11 is 0. The van der Waals surface area contributed by atoms with Crippen molar-refractivity contribution in [2.75, 3.05) is 13.1 Å². The molecule has 0 bridgehead atoms. The van der Waals surface area contributed by atoms with Crippen molar-refractivity contribution in [3.63, 3.8) is 0 Å². The van der Waals surface area contributed by atoms with Crippen molar-refractivity contribution in [1.29, 1.82) is 0 Å². The van der Waals surface area contributed by atoms with Crippen LogP contribution in [0.15, 0.2) is 18.2 Å². The van der Waals surface area contributed by atoms with E-state index in [1.54, 1.807) is 0 Å². The minimum Gasteiger partial charge on any atom is -0.353 e. The molecule has 0 aliphatic carbocycles. The van der Waals surface area contributed by atoms with Crippen molar-refractivity contribution in [3.05, 3.63) is 34.9 Å². The topological polar surface area (TPSA) is 41.1 Å². The van der Waals surface area contributed by atoms with E-state index < -0.39 is 0 Å². The van der Waals surface area contributed by atoms with Gasteiger partial charge in [-0.2, -0.15) is 0 Å². The molecule has 3 nitrogen and oxygen atoms in total. The van der Waals surface area contributed by atoms with Crippen molar-refractivity contribution in [1.82, 2.24) is 10.6 Å². The standard InChI is InChI=1S/C18H28N2O.ClH/c1-13-8-14(2)10-17(9-13)11-15(3)20-18(21)5-4-16-6-7-19-12-16;/h8-10,15-16,19H,4-7,11-12H2,1-3H3,(H,20,21);1H. The average molecular weight is 325 g/mol. The van der Waals surface area contributed by atoms with Crippen LogP contribution in [0.25, 0.3) is 0 Å². The molecule has 2 unspecified atom stereocenters. The molecule has 1 aliphatic rings. The van der Waals surface area contributed by atoms with Crippen molar-refractivity contribution in [3.8, 4) is 0 Å². The van der Waals surface area contributed by atoms with Gasteiger partial charge in [-0.1, -0.05) is 29.3 Å². The predicted molar refractivity (Wildman–Crippen MR) is 94.7 cm³/mol. The largest absolute Gasteiger partial charge is 0.353 e. The molecule has 0 saturated carbocycles. The highest BCUT2D eigenvalue weighted by Gasteiger charge is 2.16. The molecular weight excluding hydrogens is 296 g/mol. The lowest BCUT2D eigenvalue weighted by Gasteiger charge is -2.16. The summed E-state index contributed by atoms with van der Waals surface area (Å²) in [5.74, 6) is 0.879. The second-order valence-electron chi connectivity index (χ2n) is 6.57. The van der Waals surface area contributed by atoms with Crippen LogP contribution in [0.2, 0.25) is 0 Å². The maximum absolute atomic E-state index is 12.0. The molecule has 1 aromatic rings. The fraction of sp³-hybridized carbons (Fsp3) is 0.611. The molecule has 1 aromatic carbocycles. The van der Waals surface area contributed by atoms with Gasteiger partial charge in [-0.15, -0.1) is 12.4 Å². The Morgan fingerprint density at radius 2 is 2.00 bits per heavy atom. The predicted octanol–water partition coefficient (Wildman–Crippen LogP) is 3.16. The van der Waals surface area contributed by atoms with Gasteiger partial charge in [0.1, 0.15) is 0 Å². The Balaban J connectivity index is 0.00000242. The van der Waals surface area contributed by atoms with E-state index in [1.165, 1.54) is 23.1 Å². The number of hydrogen-bond acceptors (Lipinski definition) is 2. The van der Waals surface area contributed by atoms with Crippen LogP contribution in [0.3, 0.4) is 0 Å². The van der Waals surface area contributed by atoms with Gasteiger partial charge in [0.25, 0.3) is 0 Å². The van der Waals surface area contributed by atoms with E-state index in [0.29, 0.717) is 12.3 Å². The van der Waals surface area contributed by atoms with Gasteiger partial charge in [0, 0.05) is 12.5 Å². The first-order valence-corrected chi connectivity index (χ1v) is 8.10. The van der Waals surface area contributed by atoms with Crippen LogP contribution in [0.5, 0.6) is 0 Å². The van der Waals surface area contributed by atoms with Crippen LogP contribution in [0.1, 0.15) is 42.9 Å². The van der Waals surface area contributed by atoms with Gasteiger partial charge in [0.2, 0.25) is 5.91 Å². The van der Waals surface area contributed by atoms with Crippen LogP contribution >= 0.6 is 12.4 Å². The second-order valence-corrected chi connectivity index (χ2v) is 6.57. The zero-order valence-corrected chi connectivity index (χ0v) is 14.8. The summed E-state index contributed by atoms with van der Waals surface area (Å²) in [6.07, 6.45) is 3.78. The molecule has 1 fully saturated rings. The molecule has 2 rings (SSSR count). The van der Waals surface area contributed by atoms with Crippen LogP contribution < -0.4 is 10.6 Å². The summed E-state index contributed by atoms with van der Waals surface area (Å²) in [5, 5.41) is 6.48. The zero-order chi connectivity index (χ0) is 15.2. The summed E-state index contributed by atoms with van der Waals surface area (Å²) in [7, 11) is 0. The number of carbonyl (C=O) groups excluding carboxylic acids is 1. The Hall–Kier alpha value is -1.06. The lowest BCUT2D eigenvalue weighted by Crippen LogP contribution is -2.34. The minimum absolute atomic E-state index is 0. The first kappa shape index (κ1) is 19.0. The smallest absolute Gasteiger partial charge is 0.220 e. The Morgan fingerprint density at radius 3 is 2.59 bits per heavy atom. The summed E-state index contributed by atoms with van der Waals surface area (Å²) in [4.78, 5) is 12.0. The number of nitrogens with one attached hydrogen (secondary N) is 2. The molecular formula is C18H29ClN2O. The van der Waals surface area contributed by atoms with Gasteiger partial charge in [0.05, 0.1) is 0 Å². The zero-order valence-electron chi connectivity index (χ0n) is 13.9. The molecule has 124 valence electrons. The molecule has 1 aliphatic heterocycles. The number of amides is 1. The highest BCUT2D eigenvalue weighted by atomic mass is 35.5. The van der Waals surface area contributed by atoms with E-state index >= 15 is 0 Å². The number of benzene rings is 1. The van der Waals surface area contributed by atoms with Crippen LogP contribution in [-0.2, 0) is 11.2 Å². The molecule has 2 N–H and O–H groups in total. The molecule has 0 radical (unpaired) electrons. The van der Waals surface area contributed by atoms with Gasteiger partial charge in [0.15, 0.2) is 0 Å². The Morgan fingerprint density at radius 1 is 1.32 bits per heavy atom. The number of carbonyl (C=O) groups is 1. The monoisotopic (exact) mass is 324 g/mol. The molecule has 1 saturated heterocycles. The third-order valence-corrected chi connectivity index (χ3v) is 4.17. The lowest BCUT2D eigenvalue weighted by molar-refractivity contribution is -0.121. The van der Waals surface area contributed by atoms with E-state index in [4.69, 9.17) is 0 Å². The molecule has 0 spiro atoms. The summed E-state index contributed by atoms with van der Waals surface area (Å²) in [5.41, 5.74) is 3.88. The third-order valence-electron chi connectivity index (χ3n) is 4.17. The fourth-order valence-electron chi connectivity index (χ4n) is 3.23. The highest BCUT2D eigenvalue weighted by Crippen LogP contribution is 2.14. The molecule has 1 heterocycles. The molecule has 2 atom stereocenters. The van der Waals surface area contributed by atoms with Gasteiger partial charge in [-0.05, 0) is 64.6 Å². The summed E-state index contributed by atoms with van der Waals surface area (Å²) in [6, 6.07) is 6.79. The van der Waals surface area contributed by atoms with E-state index in [0.717, 1.165) is 25.9 Å². The van der Waals surface area contributed by atoms with Crippen LogP contribution in [0, 0.1) is 19.8 Å². The molecule has 1 amide bonds. The Labute approximate surface area is 140 Å². The van der Waals surface area contributed by atoms with Crippen molar-refractivity contribution < 1.29 is 4.79 Å². The fourth-order valence-corrected chi connectivity index (χ4v) is 3.23. The second kappa shape index (κ2) is 9.16. The number of hydrogen-bond donors (Lipinski definition) is 2. The number of halogens is 1. The third kappa shape index (κ3) is 6.37. The van der Waals surface area contributed by atoms with Crippen molar-refractivity contribution >= 4 is 18.3 Å². The molecule has 0 aromatic heterocycles. The normalized spacial score (nSPS) is 18.6. The maximum atomic E-state index is 12.0. The number of rotatable bonds is 6. The Bertz CT molecular complexity index is 464. The van der Waals surface area contributed by atoms with Crippen molar-refractivity contribution in [2.24, 2.45) is 5.92 Å². The van der Waals surface area contributed by atoms with E-state index in [9.17, 15) is 4.79 Å². The van der Waals surface area contributed by atoms with Gasteiger partial charge in [-0.3, -0.25) is 4.79 Å². The van der Waals surface area contributed by atoms with Gasteiger partial charge >= 0.3 is 0 Å². The molecule has 22 heavy (non-hydrogen) atoms. The van der Waals surface area contributed by atoms with Gasteiger partial charge < -0.3 is 10.6 Å². The highest BCUT2D eigenvalue weighted by molar-refractivity contribution is 5.85. The minimum atomic E-state index is 0. The van der Waals surface area contributed by atoms with E-state index in [1.807, 2.05) is 0 Å².